The van der Waals surface area contributed by atoms with Gasteiger partial charge in [-0.25, -0.2) is 0 Å². The first kappa shape index (κ1) is 17.2. The number of aryl methyl sites for hydroxylation is 1. The summed E-state index contributed by atoms with van der Waals surface area (Å²) in [5.41, 5.74) is 1.23. The first-order valence-corrected chi connectivity index (χ1v) is 8.50. The Balaban J connectivity index is 1.52. The van der Waals surface area contributed by atoms with Gasteiger partial charge >= 0.3 is 0 Å². The SMILES string of the molecule is Cn1cccc1C(=O)NC1CCN(C(=O)C(O)c2ccccc2)CC1. The van der Waals surface area contributed by atoms with Crippen molar-refractivity contribution >= 4 is 11.8 Å². The predicted molar refractivity (Wildman–Crippen MR) is 93.9 cm³/mol. The quantitative estimate of drug-likeness (QED) is 0.885. The van der Waals surface area contributed by atoms with Crippen LogP contribution in [0.2, 0.25) is 0 Å². The van der Waals surface area contributed by atoms with E-state index in [9.17, 15) is 14.7 Å². The summed E-state index contributed by atoms with van der Waals surface area (Å²) in [7, 11) is 1.83. The molecule has 1 fully saturated rings. The van der Waals surface area contributed by atoms with Gasteiger partial charge in [-0.05, 0) is 30.5 Å². The molecule has 25 heavy (non-hydrogen) atoms. The Morgan fingerprint density at radius 2 is 1.80 bits per heavy atom. The number of likely N-dealkylation sites (tertiary alicyclic amines) is 1. The van der Waals surface area contributed by atoms with Crippen molar-refractivity contribution in [1.29, 1.82) is 0 Å². The van der Waals surface area contributed by atoms with Gasteiger partial charge in [-0.3, -0.25) is 9.59 Å². The molecule has 2 aromatic rings. The lowest BCUT2D eigenvalue weighted by Gasteiger charge is -2.33. The summed E-state index contributed by atoms with van der Waals surface area (Å²) < 4.78 is 1.78. The largest absolute Gasteiger partial charge is 0.378 e. The molecule has 0 aliphatic carbocycles. The van der Waals surface area contributed by atoms with Gasteiger partial charge in [-0.2, -0.15) is 0 Å². The molecule has 0 bridgehead atoms. The number of rotatable bonds is 4. The molecule has 2 amide bonds. The summed E-state index contributed by atoms with van der Waals surface area (Å²) >= 11 is 0. The van der Waals surface area contributed by atoms with Crippen LogP contribution >= 0.6 is 0 Å². The molecule has 1 aliphatic rings. The van der Waals surface area contributed by atoms with Crippen LogP contribution in [-0.2, 0) is 11.8 Å². The Bertz CT molecular complexity index is 733. The van der Waals surface area contributed by atoms with Gasteiger partial charge in [0, 0.05) is 32.4 Å². The second-order valence-electron chi connectivity index (χ2n) is 6.39. The normalized spacial score (nSPS) is 16.5. The fourth-order valence-electron chi connectivity index (χ4n) is 3.15. The van der Waals surface area contributed by atoms with Gasteiger partial charge in [-0.15, -0.1) is 0 Å². The Labute approximate surface area is 147 Å². The van der Waals surface area contributed by atoms with Crippen LogP contribution < -0.4 is 5.32 Å². The van der Waals surface area contributed by atoms with E-state index in [1.165, 1.54) is 0 Å². The van der Waals surface area contributed by atoms with Crippen molar-refractivity contribution in [2.45, 2.75) is 25.0 Å². The molecule has 6 nitrogen and oxygen atoms in total. The number of hydrogen-bond acceptors (Lipinski definition) is 3. The minimum atomic E-state index is -1.13. The van der Waals surface area contributed by atoms with E-state index in [0.717, 1.165) is 0 Å². The first-order chi connectivity index (χ1) is 12.1. The second kappa shape index (κ2) is 7.53. The average molecular weight is 341 g/mol. The van der Waals surface area contributed by atoms with E-state index >= 15 is 0 Å². The van der Waals surface area contributed by atoms with E-state index in [2.05, 4.69) is 5.32 Å². The zero-order valence-electron chi connectivity index (χ0n) is 14.3. The number of hydrogen-bond donors (Lipinski definition) is 2. The minimum absolute atomic E-state index is 0.0420. The maximum absolute atomic E-state index is 12.4. The van der Waals surface area contributed by atoms with E-state index in [1.54, 1.807) is 39.8 Å². The molecule has 2 N–H and O–H groups in total. The Morgan fingerprint density at radius 1 is 1.12 bits per heavy atom. The monoisotopic (exact) mass is 341 g/mol. The van der Waals surface area contributed by atoms with Crippen LogP contribution in [0.4, 0.5) is 0 Å². The summed E-state index contributed by atoms with van der Waals surface area (Å²) in [6.07, 6.45) is 2.07. The van der Waals surface area contributed by atoms with Gasteiger partial charge in [-0.1, -0.05) is 30.3 Å². The van der Waals surface area contributed by atoms with E-state index in [0.29, 0.717) is 37.2 Å². The third kappa shape index (κ3) is 3.91. The van der Waals surface area contributed by atoms with Crippen LogP contribution in [0, 0.1) is 0 Å². The second-order valence-corrected chi connectivity index (χ2v) is 6.39. The molecule has 1 aliphatic heterocycles. The molecule has 3 rings (SSSR count). The summed E-state index contributed by atoms with van der Waals surface area (Å²) in [6, 6.07) is 12.6. The molecule has 2 heterocycles. The summed E-state index contributed by atoms with van der Waals surface area (Å²) in [4.78, 5) is 26.4. The first-order valence-electron chi connectivity index (χ1n) is 8.50. The van der Waals surface area contributed by atoms with Gasteiger partial charge in [0.25, 0.3) is 11.8 Å². The number of piperidine rings is 1. The van der Waals surface area contributed by atoms with Crippen LogP contribution in [0.25, 0.3) is 0 Å². The van der Waals surface area contributed by atoms with Crippen LogP contribution in [0.15, 0.2) is 48.7 Å². The highest BCUT2D eigenvalue weighted by Crippen LogP contribution is 2.19. The molecule has 0 radical (unpaired) electrons. The topological polar surface area (TPSA) is 74.6 Å². The Hall–Kier alpha value is -2.60. The number of aliphatic hydroxyl groups excluding tert-OH is 1. The molecular weight excluding hydrogens is 318 g/mol. The number of nitrogens with one attached hydrogen (secondary N) is 1. The van der Waals surface area contributed by atoms with Crippen LogP contribution in [0.1, 0.15) is 35.0 Å². The standard InChI is InChI=1S/C19H23N3O3/c1-21-11-5-8-16(21)18(24)20-15-9-12-22(13-10-15)19(25)17(23)14-6-3-2-4-7-14/h2-8,11,15,17,23H,9-10,12-13H2,1H3,(H,20,24). The molecule has 1 saturated heterocycles. The van der Waals surface area contributed by atoms with Crippen molar-refractivity contribution in [3.05, 3.63) is 59.9 Å². The molecule has 1 aromatic heterocycles. The van der Waals surface area contributed by atoms with Crippen molar-refractivity contribution in [2.24, 2.45) is 7.05 Å². The Kier molecular flexibility index (Phi) is 5.19. The number of aromatic nitrogens is 1. The molecule has 6 heteroatoms. The maximum atomic E-state index is 12.4. The third-order valence-electron chi connectivity index (χ3n) is 4.67. The number of aliphatic hydroxyl groups is 1. The number of carbonyl (C=O) groups is 2. The highest BCUT2D eigenvalue weighted by atomic mass is 16.3. The molecule has 1 unspecified atom stereocenters. The molecule has 0 saturated carbocycles. The van der Waals surface area contributed by atoms with Gasteiger partial charge in [0.05, 0.1) is 0 Å². The number of amides is 2. The number of benzene rings is 1. The van der Waals surface area contributed by atoms with Crippen LogP contribution in [0.5, 0.6) is 0 Å². The lowest BCUT2D eigenvalue weighted by molar-refractivity contribution is -0.141. The van der Waals surface area contributed by atoms with Crippen molar-refractivity contribution < 1.29 is 14.7 Å². The fourth-order valence-corrected chi connectivity index (χ4v) is 3.15. The van der Waals surface area contributed by atoms with Crippen LogP contribution in [-0.4, -0.2) is 45.5 Å². The lowest BCUT2D eigenvalue weighted by atomic mass is 10.0. The van der Waals surface area contributed by atoms with Crippen LogP contribution in [0.3, 0.4) is 0 Å². The summed E-state index contributed by atoms with van der Waals surface area (Å²) in [6.45, 7) is 1.06. The zero-order chi connectivity index (χ0) is 17.8. The minimum Gasteiger partial charge on any atom is -0.378 e. The number of nitrogens with zero attached hydrogens (tertiary/aromatic N) is 2. The molecule has 1 aromatic carbocycles. The van der Waals surface area contributed by atoms with Gasteiger partial charge < -0.3 is 19.9 Å². The average Bonchev–Trinajstić information content (AvgIpc) is 3.08. The number of carbonyl (C=O) groups excluding carboxylic acids is 2. The van der Waals surface area contributed by atoms with Crippen molar-refractivity contribution in [3.8, 4) is 0 Å². The molecule has 132 valence electrons. The smallest absolute Gasteiger partial charge is 0.268 e. The van der Waals surface area contributed by atoms with Gasteiger partial charge in [0.2, 0.25) is 0 Å². The Morgan fingerprint density at radius 3 is 2.40 bits per heavy atom. The van der Waals surface area contributed by atoms with E-state index in [4.69, 9.17) is 0 Å². The molecule has 1 atom stereocenters. The third-order valence-corrected chi connectivity index (χ3v) is 4.67. The fraction of sp³-hybridized carbons (Fsp3) is 0.368. The van der Waals surface area contributed by atoms with Crippen molar-refractivity contribution in [2.75, 3.05) is 13.1 Å². The highest BCUT2D eigenvalue weighted by molar-refractivity contribution is 5.92. The van der Waals surface area contributed by atoms with E-state index in [-0.39, 0.29) is 17.9 Å². The van der Waals surface area contributed by atoms with Gasteiger partial charge in [0.1, 0.15) is 5.69 Å². The summed E-state index contributed by atoms with van der Waals surface area (Å²) in [5, 5.41) is 13.3. The summed E-state index contributed by atoms with van der Waals surface area (Å²) in [5.74, 6) is -0.375. The zero-order valence-corrected chi connectivity index (χ0v) is 14.3. The molecular formula is C19H23N3O3. The van der Waals surface area contributed by atoms with E-state index in [1.807, 2.05) is 25.4 Å². The predicted octanol–water partition coefficient (Wildman–Crippen LogP) is 1.48. The lowest BCUT2D eigenvalue weighted by Crippen LogP contribution is -2.47. The maximum Gasteiger partial charge on any atom is 0.268 e. The van der Waals surface area contributed by atoms with Crippen molar-refractivity contribution in [3.63, 3.8) is 0 Å². The van der Waals surface area contributed by atoms with Crippen molar-refractivity contribution in [1.82, 2.24) is 14.8 Å². The van der Waals surface area contributed by atoms with Gasteiger partial charge in [0.15, 0.2) is 6.10 Å². The molecule has 0 spiro atoms. The van der Waals surface area contributed by atoms with E-state index < -0.39 is 6.10 Å². The highest BCUT2D eigenvalue weighted by Gasteiger charge is 2.28.